The Balaban J connectivity index is 1.97. The second-order valence-electron chi connectivity index (χ2n) is 5.11. The number of nitrogens with zero attached hydrogens (tertiary/aromatic N) is 1. The van der Waals surface area contributed by atoms with Gasteiger partial charge < -0.3 is 5.32 Å². The van der Waals surface area contributed by atoms with Crippen LogP contribution in [0.5, 0.6) is 0 Å². The molecule has 1 aromatic heterocycles. The van der Waals surface area contributed by atoms with E-state index >= 15 is 0 Å². The molecule has 118 valence electrons. The van der Waals surface area contributed by atoms with Gasteiger partial charge in [0.25, 0.3) is 5.91 Å². The number of nitrogens with one attached hydrogen (secondary N) is 2. The SMILES string of the molecule is CCCCCCNC(=O)c1cc(-c2ccc(Cl)cc2Cl)n[nH]1. The van der Waals surface area contributed by atoms with Crippen molar-refractivity contribution in [2.75, 3.05) is 6.54 Å². The molecule has 0 saturated carbocycles. The van der Waals surface area contributed by atoms with Crippen LogP contribution in [0.2, 0.25) is 10.0 Å². The van der Waals surface area contributed by atoms with Gasteiger partial charge in [0.15, 0.2) is 0 Å². The fourth-order valence-corrected chi connectivity index (χ4v) is 2.63. The second-order valence-corrected chi connectivity index (χ2v) is 5.95. The summed E-state index contributed by atoms with van der Waals surface area (Å²) in [6, 6.07) is 6.87. The van der Waals surface area contributed by atoms with Crippen LogP contribution in [0.4, 0.5) is 0 Å². The molecule has 0 aliphatic carbocycles. The standard InChI is InChI=1S/C16H19Cl2N3O/c1-2-3-4-5-8-19-16(22)15-10-14(20-21-15)12-7-6-11(17)9-13(12)18/h6-7,9-10H,2-5,8H2,1H3,(H,19,22)(H,20,21). The van der Waals surface area contributed by atoms with Gasteiger partial charge in [0, 0.05) is 17.1 Å². The van der Waals surface area contributed by atoms with Crippen LogP contribution in [0, 0.1) is 0 Å². The smallest absolute Gasteiger partial charge is 0.269 e. The predicted octanol–water partition coefficient (Wildman–Crippen LogP) is 4.69. The van der Waals surface area contributed by atoms with Gasteiger partial charge >= 0.3 is 0 Å². The lowest BCUT2D eigenvalue weighted by molar-refractivity contribution is 0.0948. The minimum Gasteiger partial charge on any atom is -0.351 e. The lowest BCUT2D eigenvalue weighted by atomic mass is 10.1. The van der Waals surface area contributed by atoms with Crippen LogP contribution in [0.3, 0.4) is 0 Å². The number of amides is 1. The Morgan fingerprint density at radius 2 is 2.05 bits per heavy atom. The minimum absolute atomic E-state index is 0.152. The largest absolute Gasteiger partial charge is 0.351 e. The molecule has 2 rings (SSSR count). The van der Waals surface area contributed by atoms with E-state index in [1.54, 1.807) is 24.3 Å². The molecule has 1 amide bonds. The number of benzene rings is 1. The van der Waals surface area contributed by atoms with E-state index in [0.29, 0.717) is 28.0 Å². The Labute approximate surface area is 140 Å². The van der Waals surface area contributed by atoms with E-state index in [9.17, 15) is 4.79 Å². The first-order valence-corrected chi connectivity index (χ1v) is 8.16. The van der Waals surface area contributed by atoms with Gasteiger partial charge in [0.1, 0.15) is 5.69 Å². The third kappa shape index (κ3) is 4.49. The molecule has 1 heterocycles. The molecule has 0 radical (unpaired) electrons. The number of halogens is 2. The molecule has 2 aromatic rings. The minimum atomic E-state index is -0.152. The van der Waals surface area contributed by atoms with Crippen molar-refractivity contribution < 1.29 is 4.79 Å². The molecule has 0 atom stereocenters. The maximum absolute atomic E-state index is 12.0. The summed E-state index contributed by atoms with van der Waals surface area (Å²) in [5.74, 6) is -0.152. The summed E-state index contributed by atoms with van der Waals surface area (Å²) in [5, 5.41) is 10.8. The summed E-state index contributed by atoms with van der Waals surface area (Å²) in [7, 11) is 0. The number of aromatic nitrogens is 2. The van der Waals surface area contributed by atoms with E-state index in [-0.39, 0.29) is 5.91 Å². The van der Waals surface area contributed by atoms with Gasteiger partial charge in [-0.3, -0.25) is 9.89 Å². The zero-order valence-electron chi connectivity index (χ0n) is 12.5. The molecule has 22 heavy (non-hydrogen) atoms. The number of aromatic amines is 1. The van der Waals surface area contributed by atoms with Crippen molar-refractivity contribution in [1.29, 1.82) is 0 Å². The summed E-state index contributed by atoms with van der Waals surface area (Å²) in [6.07, 6.45) is 4.49. The highest BCUT2D eigenvalue weighted by Crippen LogP contribution is 2.29. The summed E-state index contributed by atoms with van der Waals surface area (Å²) in [6.45, 7) is 2.83. The molecular weight excluding hydrogens is 321 g/mol. The highest BCUT2D eigenvalue weighted by atomic mass is 35.5. The number of carbonyl (C=O) groups excluding carboxylic acids is 1. The van der Waals surface area contributed by atoms with Crippen molar-refractivity contribution in [2.45, 2.75) is 32.6 Å². The zero-order chi connectivity index (χ0) is 15.9. The van der Waals surface area contributed by atoms with E-state index in [0.717, 1.165) is 18.4 Å². The van der Waals surface area contributed by atoms with Crippen LogP contribution in [0.25, 0.3) is 11.3 Å². The fourth-order valence-electron chi connectivity index (χ4n) is 2.12. The molecule has 0 bridgehead atoms. The van der Waals surface area contributed by atoms with Crippen LogP contribution in [-0.2, 0) is 0 Å². The van der Waals surface area contributed by atoms with Gasteiger partial charge in [0.2, 0.25) is 0 Å². The highest BCUT2D eigenvalue weighted by Gasteiger charge is 2.12. The molecule has 2 N–H and O–H groups in total. The van der Waals surface area contributed by atoms with Crippen LogP contribution < -0.4 is 5.32 Å². The fraction of sp³-hybridized carbons (Fsp3) is 0.375. The third-order valence-electron chi connectivity index (χ3n) is 3.35. The Bertz CT molecular complexity index is 640. The van der Waals surface area contributed by atoms with E-state index in [4.69, 9.17) is 23.2 Å². The van der Waals surface area contributed by atoms with Gasteiger partial charge in [-0.2, -0.15) is 5.10 Å². The molecule has 4 nitrogen and oxygen atoms in total. The first-order valence-electron chi connectivity index (χ1n) is 7.41. The third-order valence-corrected chi connectivity index (χ3v) is 3.89. The molecule has 0 aliphatic rings. The van der Waals surface area contributed by atoms with Crippen molar-refractivity contribution in [2.24, 2.45) is 0 Å². The number of H-pyrrole nitrogens is 1. The van der Waals surface area contributed by atoms with Crippen molar-refractivity contribution in [1.82, 2.24) is 15.5 Å². The second kappa shape index (κ2) is 8.20. The Morgan fingerprint density at radius 3 is 2.77 bits per heavy atom. The van der Waals surface area contributed by atoms with Crippen molar-refractivity contribution >= 4 is 29.1 Å². The first kappa shape index (κ1) is 16.8. The normalized spacial score (nSPS) is 10.7. The number of hydrogen-bond donors (Lipinski definition) is 2. The van der Waals surface area contributed by atoms with Crippen LogP contribution in [0.1, 0.15) is 43.1 Å². The number of hydrogen-bond acceptors (Lipinski definition) is 2. The first-order chi connectivity index (χ1) is 10.6. The lowest BCUT2D eigenvalue weighted by Gasteiger charge is -2.02. The van der Waals surface area contributed by atoms with Crippen LogP contribution >= 0.6 is 23.2 Å². The molecule has 0 saturated heterocycles. The van der Waals surface area contributed by atoms with Crippen LogP contribution in [0.15, 0.2) is 24.3 Å². The van der Waals surface area contributed by atoms with E-state index in [1.807, 2.05) is 0 Å². The molecule has 0 fully saturated rings. The molecule has 0 unspecified atom stereocenters. The Morgan fingerprint density at radius 1 is 1.23 bits per heavy atom. The summed E-state index contributed by atoms with van der Waals surface area (Å²) in [4.78, 5) is 12.0. The zero-order valence-corrected chi connectivity index (χ0v) is 14.0. The van der Waals surface area contributed by atoms with Gasteiger partial charge in [-0.15, -0.1) is 0 Å². The Kier molecular flexibility index (Phi) is 6.28. The molecule has 6 heteroatoms. The van der Waals surface area contributed by atoms with Crippen LogP contribution in [-0.4, -0.2) is 22.6 Å². The molecule has 1 aromatic carbocycles. The molecule has 0 spiro atoms. The number of rotatable bonds is 7. The number of carbonyl (C=O) groups is 1. The summed E-state index contributed by atoms with van der Waals surface area (Å²) >= 11 is 12.0. The van der Waals surface area contributed by atoms with Gasteiger partial charge in [-0.1, -0.05) is 49.4 Å². The van der Waals surface area contributed by atoms with Gasteiger partial charge in [0.05, 0.1) is 10.7 Å². The van der Waals surface area contributed by atoms with Crippen molar-refractivity contribution in [3.63, 3.8) is 0 Å². The molecule has 0 aliphatic heterocycles. The van der Waals surface area contributed by atoms with E-state index in [1.165, 1.54) is 12.8 Å². The highest BCUT2D eigenvalue weighted by molar-refractivity contribution is 6.36. The van der Waals surface area contributed by atoms with Crippen molar-refractivity contribution in [3.05, 3.63) is 40.0 Å². The average Bonchev–Trinajstić information content (AvgIpc) is 2.96. The lowest BCUT2D eigenvalue weighted by Crippen LogP contribution is -2.24. The number of unbranched alkanes of at least 4 members (excludes halogenated alkanes) is 3. The average molecular weight is 340 g/mol. The van der Waals surface area contributed by atoms with Gasteiger partial charge in [-0.25, -0.2) is 0 Å². The topological polar surface area (TPSA) is 57.8 Å². The Hall–Kier alpha value is -1.52. The van der Waals surface area contributed by atoms with E-state index in [2.05, 4.69) is 22.4 Å². The maximum Gasteiger partial charge on any atom is 0.269 e. The summed E-state index contributed by atoms with van der Waals surface area (Å²) in [5.41, 5.74) is 1.79. The maximum atomic E-state index is 12.0. The predicted molar refractivity (Wildman–Crippen MR) is 90.5 cm³/mol. The van der Waals surface area contributed by atoms with Gasteiger partial charge in [-0.05, 0) is 30.7 Å². The quantitative estimate of drug-likeness (QED) is 0.718. The van der Waals surface area contributed by atoms with Crippen molar-refractivity contribution in [3.8, 4) is 11.3 Å². The van der Waals surface area contributed by atoms with E-state index < -0.39 is 0 Å². The monoisotopic (exact) mass is 339 g/mol. The summed E-state index contributed by atoms with van der Waals surface area (Å²) < 4.78 is 0. The molecular formula is C16H19Cl2N3O.